The van der Waals surface area contributed by atoms with Gasteiger partial charge >= 0.3 is 6.09 Å². The van der Waals surface area contributed by atoms with Gasteiger partial charge in [0.25, 0.3) is 5.91 Å². The summed E-state index contributed by atoms with van der Waals surface area (Å²) in [7, 11) is 0. The number of benzene rings is 2. The van der Waals surface area contributed by atoms with Crippen LogP contribution in [0.5, 0.6) is 0 Å². The Morgan fingerprint density at radius 3 is 2.34 bits per heavy atom. The number of nitrogens with zero attached hydrogens (tertiary/aromatic N) is 3. The molecule has 1 atom stereocenters. The van der Waals surface area contributed by atoms with E-state index in [0.717, 1.165) is 5.56 Å². The number of hydrogen-bond acceptors (Lipinski definition) is 6. The number of carbonyl (C=O) groups excluding carboxylic acids is 2. The van der Waals surface area contributed by atoms with Gasteiger partial charge in [-0.05, 0) is 63.1 Å². The van der Waals surface area contributed by atoms with Crippen molar-refractivity contribution in [2.24, 2.45) is 0 Å². The van der Waals surface area contributed by atoms with Crippen LogP contribution in [0.1, 0.15) is 36.7 Å². The number of nitrogens with one attached hydrogen (secondary N) is 1. The summed E-state index contributed by atoms with van der Waals surface area (Å²) in [4.78, 5) is 28.7. The van der Waals surface area contributed by atoms with E-state index >= 15 is 0 Å². The lowest BCUT2D eigenvalue weighted by Crippen LogP contribution is -2.51. The molecule has 0 bridgehead atoms. The summed E-state index contributed by atoms with van der Waals surface area (Å²) in [5.41, 5.74) is 1.09. The number of carbonyl (C=O) groups is 2. The van der Waals surface area contributed by atoms with Crippen LogP contribution in [0.3, 0.4) is 0 Å². The molecule has 12 heteroatoms. The quantitative estimate of drug-likeness (QED) is 0.445. The zero-order chi connectivity index (χ0) is 27.9. The number of anilines is 1. The summed E-state index contributed by atoms with van der Waals surface area (Å²) in [6, 6.07) is 11.6. The molecular weight excluding hydrogens is 551 g/mol. The van der Waals surface area contributed by atoms with Gasteiger partial charge < -0.3 is 23.8 Å². The largest absolute Gasteiger partial charge is 0.755 e. The second-order valence-electron chi connectivity index (χ2n) is 9.89. The minimum absolute atomic E-state index is 0.170. The van der Waals surface area contributed by atoms with Crippen LogP contribution >= 0.6 is 23.2 Å². The van der Waals surface area contributed by atoms with Crippen LogP contribution in [-0.2, 0) is 22.4 Å². The zero-order valence-electron chi connectivity index (χ0n) is 21.7. The Kier molecular flexibility index (Phi) is 10.8. The van der Waals surface area contributed by atoms with Crippen LogP contribution in [0.25, 0.3) is 0 Å². The number of halogens is 2. The third-order valence-corrected chi connectivity index (χ3v) is 7.56. The van der Waals surface area contributed by atoms with Crippen LogP contribution in [0, 0.1) is 0 Å². The number of amides is 2. The molecule has 0 spiro atoms. The van der Waals surface area contributed by atoms with Crippen LogP contribution in [0.2, 0.25) is 10.0 Å². The molecule has 1 aliphatic rings. The second-order valence-corrected chi connectivity index (χ2v) is 11.6. The van der Waals surface area contributed by atoms with Gasteiger partial charge in [0.1, 0.15) is 5.60 Å². The van der Waals surface area contributed by atoms with E-state index in [-0.39, 0.29) is 18.5 Å². The van der Waals surface area contributed by atoms with Gasteiger partial charge in [0.05, 0.1) is 10.0 Å². The van der Waals surface area contributed by atoms with Crippen molar-refractivity contribution >= 4 is 52.2 Å². The van der Waals surface area contributed by atoms with Gasteiger partial charge in [0.15, 0.2) is 0 Å². The Bertz CT molecular complexity index is 1140. The lowest BCUT2D eigenvalue weighted by atomic mass is 10.1. The number of ether oxygens (including phenoxy) is 1. The highest BCUT2D eigenvalue weighted by atomic mass is 35.5. The van der Waals surface area contributed by atoms with Crippen molar-refractivity contribution in [1.29, 1.82) is 0 Å². The molecule has 1 fully saturated rings. The Balaban J connectivity index is 1.46. The first kappa shape index (κ1) is 30.2. The number of piperazine rings is 1. The maximum Gasteiger partial charge on any atom is 0.410 e. The van der Waals surface area contributed by atoms with E-state index in [2.05, 4.69) is 10.2 Å². The van der Waals surface area contributed by atoms with Gasteiger partial charge in [0, 0.05) is 68.3 Å². The molecule has 208 valence electrons. The van der Waals surface area contributed by atoms with E-state index in [0.29, 0.717) is 67.0 Å². The van der Waals surface area contributed by atoms with E-state index < -0.39 is 16.9 Å². The lowest BCUT2D eigenvalue weighted by Gasteiger charge is -2.35. The minimum Gasteiger partial charge on any atom is -0.755 e. The van der Waals surface area contributed by atoms with E-state index in [1.165, 1.54) is 4.31 Å². The van der Waals surface area contributed by atoms with Crippen molar-refractivity contribution in [3.8, 4) is 0 Å². The molecule has 0 radical (unpaired) electrons. The number of rotatable bonds is 9. The molecule has 1 aliphatic heterocycles. The molecular formula is C26H33Cl2N4O5S-. The Hall–Kier alpha value is -2.37. The highest BCUT2D eigenvalue weighted by molar-refractivity contribution is 7.80. The summed E-state index contributed by atoms with van der Waals surface area (Å²) < 4.78 is 30.3. The summed E-state index contributed by atoms with van der Waals surface area (Å²) >= 11 is 9.75. The molecule has 2 amide bonds. The smallest absolute Gasteiger partial charge is 0.410 e. The van der Waals surface area contributed by atoms with Gasteiger partial charge in [-0.25, -0.2) is 4.79 Å². The van der Waals surface area contributed by atoms with Crippen LogP contribution in [0.15, 0.2) is 42.5 Å². The fourth-order valence-corrected chi connectivity index (χ4v) is 4.89. The van der Waals surface area contributed by atoms with Gasteiger partial charge in [-0.3, -0.25) is 13.9 Å². The third-order valence-electron chi connectivity index (χ3n) is 5.95. The first-order valence-electron chi connectivity index (χ1n) is 12.3. The van der Waals surface area contributed by atoms with Crippen molar-refractivity contribution < 1.29 is 23.1 Å². The van der Waals surface area contributed by atoms with E-state index in [4.69, 9.17) is 27.9 Å². The molecule has 3 rings (SSSR count). The maximum absolute atomic E-state index is 12.6. The topological polar surface area (TPSA) is 105 Å². The molecule has 0 aromatic heterocycles. The monoisotopic (exact) mass is 583 g/mol. The Morgan fingerprint density at radius 1 is 1.08 bits per heavy atom. The fourth-order valence-electron chi connectivity index (χ4n) is 3.94. The average molecular weight is 585 g/mol. The molecule has 1 heterocycles. The van der Waals surface area contributed by atoms with Crippen molar-refractivity contribution in [2.45, 2.75) is 32.8 Å². The van der Waals surface area contributed by atoms with Gasteiger partial charge in [-0.1, -0.05) is 35.3 Å². The second kappa shape index (κ2) is 13.6. The highest BCUT2D eigenvalue weighted by Gasteiger charge is 2.25. The summed E-state index contributed by atoms with van der Waals surface area (Å²) in [5.74, 6) is -0.246. The van der Waals surface area contributed by atoms with Crippen LogP contribution < -0.4 is 9.62 Å². The maximum atomic E-state index is 12.6. The number of hydrogen-bond donors (Lipinski definition) is 1. The van der Waals surface area contributed by atoms with E-state index in [1.807, 2.05) is 20.8 Å². The summed E-state index contributed by atoms with van der Waals surface area (Å²) in [6.07, 6.45) is 0.0725. The first-order chi connectivity index (χ1) is 17.9. The predicted octanol–water partition coefficient (Wildman–Crippen LogP) is 4.12. The lowest BCUT2D eigenvalue weighted by molar-refractivity contribution is 0.0147. The van der Waals surface area contributed by atoms with E-state index in [9.17, 15) is 18.4 Å². The van der Waals surface area contributed by atoms with Crippen molar-refractivity contribution in [1.82, 2.24) is 15.1 Å². The van der Waals surface area contributed by atoms with Crippen LogP contribution in [-0.4, -0.2) is 82.0 Å². The molecule has 1 N–H and O–H groups in total. The van der Waals surface area contributed by atoms with Gasteiger partial charge in [-0.15, -0.1) is 0 Å². The Morgan fingerprint density at radius 2 is 1.74 bits per heavy atom. The molecule has 0 aliphatic carbocycles. The zero-order valence-corrected chi connectivity index (χ0v) is 24.1. The molecule has 2 aromatic carbocycles. The average Bonchev–Trinajstić information content (AvgIpc) is 2.86. The molecule has 38 heavy (non-hydrogen) atoms. The summed E-state index contributed by atoms with van der Waals surface area (Å²) in [5, 5.41) is 3.71. The standard InChI is InChI=1S/C26H34Cl2N4O5S/c1-26(2,3)37-25(34)31-17-15-30(16-18-31)14-12-29-24(33)20-7-9-21(10-8-20)32(38(35)36)13-11-19-5-4-6-22(27)23(19)28/h4-10H,11-18H2,1-3H3,(H,29,33)(H,35,36)/p-1. The molecule has 2 aromatic rings. The van der Waals surface area contributed by atoms with Crippen LogP contribution in [0.4, 0.5) is 10.5 Å². The van der Waals surface area contributed by atoms with Gasteiger partial charge in [-0.2, -0.15) is 0 Å². The predicted molar refractivity (Wildman–Crippen MR) is 149 cm³/mol. The Labute approximate surface area is 236 Å². The molecule has 1 saturated heterocycles. The highest BCUT2D eigenvalue weighted by Crippen LogP contribution is 2.27. The SMILES string of the molecule is CC(C)(C)OC(=O)N1CCN(CCNC(=O)c2ccc(N(CCc3cccc(Cl)c3Cl)S(=O)[O-])cc2)CC1. The molecule has 1 unspecified atom stereocenters. The van der Waals surface area contributed by atoms with Crippen molar-refractivity contribution in [3.05, 3.63) is 63.6 Å². The van der Waals surface area contributed by atoms with Crippen molar-refractivity contribution in [3.63, 3.8) is 0 Å². The normalized spacial score (nSPS) is 15.2. The van der Waals surface area contributed by atoms with Crippen molar-refractivity contribution in [2.75, 3.05) is 50.1 Å². The summed E-state index contributed by atoms with van der Waals surface area (Å²) in [6.45, 7) is 9.36. The fraction of sp³-hybridized carbons (Fsp3) is 0.462. The third kappa shape index (κ3) is 8.84. The van der Waals surface area contributed by atoms with Gasteiger partial charge in [0.2, 0.25) is 0 Å². The first-order valence-corrected chi connectivity index (χ1v) is 14.1. The molecule has 0 saturated carbocycles. The molecule has 9 nitrogen and oxygen atoms in total. The minimum atomic E-state index is -2.51. The van der Waals surface area contributed by atoms with E-state index in [1.54, 1.807) is 47.4 Å².